The first kappa shape index (κ1) is 14.5. The van der Waals surface area contributed by atoms with E-state index < -0.39 is 6.10 Å². The summed E-state index contributed by atoms with van der Waals surface area (Å²) in [4.78, 5) is 0. The van der Waals surface area contributed by atoms with Crippen LogP contribution in [0.15, 0.2) is 6.20 Å². The van der Waals surface area contributed by atoms with Crippen molar-refractivity contribution < 1.29 is 9.84 Å². The molecule has 0 spiro atoms. The minimum Gasteiger partial charge on any atom is -0.387 e. The van der Waals surface area contributed by atoms with Crippen LogP contribution in [0.25, 0.3) is 0 Å². The van der Waals surface area contributed by atoms with E-state index in [1.54, 1.807) is 10.9 Å². The lowest BCUT2D eigenvalue weighted by atomic mass is 10.2. The van der Waals surface area contributed by atoms with Gasteiger partial charge in [-0.3, -0.25) is 4.68 Å². The van der Waals surface area contributed by atoms with Crippen molar-refractivity contribution in [2.24, 2.45) is 0 Å². The lowest BCUT2D eigenvalue weighted by molar-refractivity contribution is 0.0781. The Morgan fingerprint density at radius 2 is 2.18 bits per heavy atom. The highest BCUT2D eigenvalue weighted by atomic mass is 35.5. The first-order chi connectivity index (χ1) is 8.20. The quantitative estimate of drug-likeness (QED) is 0.731. The summed E-state index contributed by atoms with van der Waals surface area (Å²) < 4.78 is 7.13. The van der Waals surface area contributed by atoms with Crippen LogP contribution in [0, 0.1) is 0 Å². The van der Waals surface area contributed by atoms with Crippen molar-refractivity contribution in [3.63, 3.8) is 0 Å². The molecule has 1 heterocycles. The molecular formula is C12H21ClN2O2. The molecule has 1 N–H and O–H groups in total. The number of halogens is 1. The predicted octanol–water partition coefficient (Wildman–Crippen LogP) is 2.80. The van der Waals surface area contributed by atoms with Crippen molar-refractivity contribution in [2.45, 2.75) is 45.8 Å². The third kappa shape index (κ3) is 4.30. The van der Waals surface area contributed by atoms with Gasteiger partial charge in [-0.2, -0.15) is 5.10 Å². The fraction of sp³-hybridized carbons (Fsp3) is 0.750. The van der Waals surface area contributed by atoms with Gasteiger partial charge in [0.2, 0.25) is 0 Å². The Hall–Kier alpha value is -0.580. The van der Waals surface area contributed by atoms with Gasteiger partial charge in [0.15, 0.2) is 0 Å². The van der Waals surface area contributed by atoms with Gasteiger partial charge in [0.05, 0.1) is 23.0 Å². The van der Waals surface area contributed by atoms with Gasteiger partial charge in [0.25, 0.3) is 0 Å². The Morgan fingerprint density at radius 1 is 1.41 bits per heavy atom. The van der Waals surface area contributed by atoms with Crippen LogP contribution in [0.3, 0.4) is 0 Å². The molecule has 0 bridgehead atoms. The summed E-state index contributed by atoms with van der Waals surface area (Å²) in [5.41, 5.74) is 0.702. The minimum atomic E-state index is -0.603. The average molecular weight is 261 g/mol. The second kappa shape index (κ2) is 7.69. The zero-order valence-electron chi connectivity index (χ0n) is 10.5. The standard InChI is InChI=1S/C12H21ClN2O2/c1-3-6-15-12(10(13)9-14-15)11(16)5-8-17-7-4-2/h9,11,16H,3-8H2,1-2H3. The molecule has 4 nitrogen and oxygen atoms in total. The number of aliphatic hydroxyl groups is 1. The lowest BCUT2D eigenvalue weighted by Gasteiger charge is -2.13. The molecular weight excluding hydrogens is 240 g/mol. The maximum atomic E-state index is 10.1. The van der Waals surface area contributed by atoms with Crippen molar-refractivity contribution in [1.82, 2.24) is 9.78 Å². The summed E-state index contributed by atoms with van der Waals surface area (Å²) in [5.74, 6) is 0. The van der Waals surface area contributed by atoms with Gasteiger partial charge >= 0.3 is 0 Å². The molecule has 1 aromatic heterocycles. The van der Waals surface area contributed by atoms with Crippen molar-refractivity contribution in [3.05, 3.63) is 16.9 Å². The van der Waals surface area contributed by atoms with Gasteiger partial charge in [-0.1, -0.05) is 25.4 Å². The summed E-state index contributed by atoms with van der Waals surface area (Å²) in [6.45, 7) is 6.17. The largest absolute Gasteiger partial charge is 0.387 e. The van der Waals surface area contributed by atoms with Crippen molar-refractivity contribution in [1.29, 1.82) is 0 Å². The molecule has 0 saturated carbocycles. The third-order valence-electron chi connectivity index (χ3n) is 2.47. The Labute approximate surface area is 108 Å². The molecule has 98 valence electrons. The highest BCUT2D eigenvalue weighted by molar-refractivity contribution is 6.31. The highest BCUT2D eigenvalue weighted by Gasteiger charge is 2.17. The van der Waals surface area contributed by atoms with Crippen molar-refractivity contribution in [2.75, 3.05) is 13.2 Å². The second-order valence-corrected chi connectivity index (χ2v) is 4.42. The highest BCUT2D eigenvalue weighted by Crippen LogP contribution is 2.25. The van der Waals surface area contributed by atoms with Crippen LogP contribution in [0.2, 0.25) is 5.02 Å². The number of nitrogens with zero attached hydrogens (tertiary/aromatic N) is 2. The molecule has 0 radical (unpaired) electrons. The van der Waals surface area contributed by atoms with Gasteiger partial charge in [-0.05, 0) is 12.8 Å². The molecule has 1 rings (SSSR count). The smallest absolute Gasteiger partial charge is 0.0993 e. The number of rotatable bonds is 8. The van der Waals surface area contributed by atoms with E-state index >= 15 is 0 Å². The maximum Gasteiger partial charge on any atom is 0.0993 e. The normalized spacial score (nSPS) is 12.9. The Balaban J connectivity index is 2.54. The van der Waals surface area contributed by atoms with Crippen LogP contribution in [-0.2, 0) is 11.3 Å². The molecule has 0 saturated heterocycles. The zero-order valence-corrected chi connectivity index (χ0v) is 11.3. The summed E-state index contributed by atoms with van der Waals surface area (Å²) in [6.07, 6.45) is 3.49. The van der Waals surface area contributed by atoms with Gasteiger partial charge in [0.1, 0.15) is 0 Å². The number of aliphatic hydroxyl groups excluding tert-OH is 1. The first-order valence-electron chi connectivity index (χ1n) is 6.17. The van der Waals surface area contributed by atoms with Crippen molar-refractivity contribution in [3.8, 4) is 0 Å². The number of aryl methyl sites for hydroxylation is 1. The zero-order chi connectivity index (χ0) is 12.7. The molecule has 0 fully saturated rings. The maximum absolute atomic E-state index is 10.1. The summed E-state index contributed by atoms with van der Waals surface area (Å²) in [6, 6.07) is 0. The molecule has 0 aliphatic heterocycles. The van der Waals surface area contributed by atoms with E-state index in [0.717, 1.165) is 26.0 Å². The van der Waals surface area contributed by atoms with E-state index in [9.17, 15) is 5.11 Å². The van der Waals surface area contributed by atoms with Crippen molar-refractivity contribution >= 4 is 11.6 Å². The van der Waals surface area contributed by atoms with E-state index in [2.05, 4.69) is 18.9 Å². The summed E-state index contributed by atoms with van der Waals surface area (Å²) in [5, 5.41) is 14.8. The predicted molar refractivity (Wildman–Crippen MR) is 68.2 cm³/mol. The minimum absolute atomic E-state index is 0.529. The molecule has 5 heteroatoms. The SMILES string of the molecule is CCCOCCC(O)c1c(Cl)cnn1CCC. The third-order valence-corrected chi connectivity index (χ3v) is 2.76. The number of hydrogen-bond acceptors (Lipinski definition) is 3. The van der Waals surface area contributed by atoms with Gasteiger partial charge in [-0.25, -0.2) is 0 Å². The Bertz CT molecular complexity index is 328. The average Bonchev–Trinajstić information content (AvgIpc) is 2.66. The summed E-state index contributed by atoms with van der Waals surface area (Å²) >= 11 is 6.03. The van der Waals surface area contributed by atoms with Crippen LogP contribution < -0.4 is 0 Å². The van der Waals surface area contributed by atoms with E-state index in [-0.39, 0.29) is 0 Å². The molecule has 0 aliphatic carbocycles. The van der Waals surface area contributed by atoms with Crippen LogP contribution in [-0.4, -0.2) is 28.1 Å². The summed E-state index contributed by atoms with van der Waals surface area (Å²) in [7, 11) is 0. The van der Waals surface area contributed by atoms with E-state index in [1.165, 1.54) is 0 Å². The van der Waals surface area contributed by atoms with Crippen LogP contribution in [0.4, 0.5) is 0 Å². The molecule has 0 aromatic carbocycles. The van der Waals surface area contributed by atoms with Gasteiger partial charge < -0.3 is 9.84 Å². The van der Waals surface area contributed by atoms with E-state index in [4.69, 9.17) is 16.3 Å². The molecule has 1 atom stereocenters. The van der Waals surface area contributed by atoms with Gasteiger partial charge in [-0.15, -0.1) is 0 Å². The van der Waals surface area contributed by atoms with E-state index in [1.807, 2.05) is 0 Å². The number of ether oxygens (including phenoxy) is 1. The van der Waals surface area contributed by atoms with Gasteiger partial charge in [0, 0.05) is 26.2 Å². The molecule has 1 unspecified atom stereocenters. The molecule has 0 amide bonds. The Morgan fingerprint density at radius 3 is 2.82 bits per heavy atom. The number of aromatic nitrogens is 2. The number of hydrogen-bond donors (Lipinski definition) is 1. The van der Waals surface area contributed by atoms with Crippen LogP contribution in [0.1, 0.15) is 44.9 Å². The Kier molecular flexibility index (Phi) is 6.55. The molecule has 1 aromatic rings. The fourth-order valence-corrected chi connectivity index (χ4v) is 1.94. The second-order valence-electron chi connectivity index (χ2n) is 4.02. The van der Waals surface area contributed by atoms with Crippen LogP contribution >= 0.6 is 11.6 Å². The molecule has 17 heavy (non-hydrogen) atoms. The molecule has 0 aliphatic rings. The van der Waals surface area contributed by atoms with E-state index in [0.29, 0.717) is 23.7 Å². The van der Waals surface area contributed by atoms with Crippen LogP contribution in [0.5, 0.6) is 0 Å². The monoisotopic (exact) mass is 260 g/mol. The first-order valence-corrected chi connectivity index (χ1v) is 6.55. The topological polar surface area (TPSA) is 47.3 Å². The lowest BCUT2D eigenvalue weighted by Crippen LogP contribution is -2.11. The fourth-order valence-electron chi connectivity index (χ4n) is 1.67.